The van der Waals surface area contributed by atoms with Gasteiger partial charge in [-0.25, -0.2) is 8.42 Å². The largest absolute Gasteiger partial charge is 0.354 e. The second-order valence-electron chi connectivity index (χ2n) is 7.45. The fourth-order valence-corrected chi connectivity index (χ4v) is 4.81. The highest BCUT2D eigenvalue weighted by molar-refractivity contribution is 7.90. The van der Waals surface area contributed by atoms with Crippen molar-refractivity contribution in [3.05, 3.63) is 84.9 Å². The second-order valence-corrected chi connectivity index (χ2v) is 9.43. The van der Waals surface area contributed by atoms with Crippen LogP contribution in [0.5, 0.6) is 0 Å². The number of benzene rings is 3. The third-order valence-corrected chi connectivity index (χ3v) is 6.51. The number of H-pyrrole nitrogens is 1. The molecule has 0 radical (unpaired) electrons. The van der Waals surface area contributed by atoms with Gasteiger partial charge in [-0.1, -0.05) is 49.0 Å². The van der Waals surface area contributed by atoms with Gasteiger partial charge in [-0.15, -0.1) is 0 Å². The van der Waals surface area contributed by atoms with Crippen LogP contribution in [-0.2, 0) is 21.2 Å². The lowest BCUT2D eigenvalue weighted by atomic mass is 9.95. The average Bonchev–Trinajstić information content (AvgIpc) is 3.22. The molecule has 0 aliphatic rings. The van der Waals surface area contributed by atoms with E-state index in [1.807, 2.05) is 42.5 Å². The van der Waals surface area contributed by atoms with Crippen molar-refractivity contribution in [3.8, 4) is 22.4 Å². The molecule has 4 aromatic rings. The predicted molar refractivity (Wildman–Crippen MR) is 129 cm³/mol. The van der Waals surface area contributed by atoms with E-state index in [0.29, 0.717) is 16.9 Å². The molecule has 1 aromatic heterocycles. The Morgan fingerprint density at radius 1 is 1.03 bits per heavy atom. The lowest BCUT2D eigenvalue weighted by Crippen LogP contribution is -2.12. The Hall–Kier alpha value is -3.68. The molecule has 0 unspecified atom stereocenters. The van der Waals surface area contributed by atoms with E-state index in [0.717, 1.165) is 27.6 Å². The van der Waals surface area contributed by atoms with Gasteiger partial charge in [0, 0.05) is 40.6 Å². The summed E-state index contributed by atoms with van der Waals surface area (Å²) in [5.74, 6) is -0.309. The third-order valence-electron chi connectivity index (χ3n) is 5.35. The van der Waals surface area contributed by atoms with Crippen molar-refractivity contribution in [2.24, 2.45) is 5.73 Å². The molecule has 0 aliphatic heterocycles. The standard InChI is InChI=1S/C25H23N3O3S/c1-3-25(29)28-22-12-7-10-17(20(22)15-26)16-9-6-11-21-19(16)14-23(27-21)18-8-4-5-13-24(18)32(2,30)31/h3-14,27H,1,15,26H2,2H3,(H,28,29). The van der Waals surface area contributed by atoms with Crippen LogP contribution in [0, 0.1) is 0 Å². The van der Waals surface area contributed by atoms with Gasteiger partial charge in [0.2, 0.25) is 5.91 Å². The number of aromatic nitrogens is 1. The maximum absolute atomic E-state index is 12.3. The Bertz CT molecular complexity index is 1450. The lowest BCUT2D eigenvalue weighted by Gasteiger charge is -2.14. The first-order chi connectivity index (χ1) is 15.3. The molecule has 0 saturated carbocycles. The maximum Gasteiger partial charge on any atom is 0.247 e. The second kappa shape index (κ2) is 8.45. The number of nitrogens with two attached hydrogens (primary N) is 1. The fourth-order valence-electron chi connectivity index (χ4n) is 3.91. The molecule has 0 fully saturated rings. The highest BCUT2D eigenvalue weighted by Gasteiger charge is 2.18. The molecule has 4 rings (SSSR count). The molecule has 162 valence electrons. The van der Waals surface area contributed by atoms with Crippen molar-refractivity contribution in [2.45, 2.75) is 11.4 Å². The van der Waals surface area contributed by atoms with Gasteiger partial charge < -0.3 is 16.0 Å². The number of amides is 1. The fraction of sp³-hybridized carbons (Fsp3) is 0.0800. The van der Waals surface area contributed by atoms with Crippen LogP contribution >= 0.6 is 0 Å². The number of nitrogens with one attached hydrogen (secondary N) is 2. The zero-order valence-electron chi connectivity index (χ0n) is 17.6. The van der Waals surface area contributed by atoms with Crippen LogP contribution < -0.4 is 11.1 Å². The highest BCUT2D eigenvalue weighted by Crippen LogP contribution is 2.37. The molecule has 32 heavy (non-hydrogen) atoms. The number of carbonyl (C=O) groups is 1. The predicted octanol–water partition coefficient (Wildman–Crippen LogP) is 4.49. The van der Waals surface area contributed by atoms with Gasteiger partial charge in [0.05, 0.1) is 4.90 Å². The van der Waals surface area contributed by atoms with Crippen LogP contribution in [0.2, 0.25) is 0 Å². The molecule has 0 aliphatic carbocycles. The Labute approximate surface area is 186 Å². The molecule has 7 heteroatoms. The Kier molecular flexibility index (Phi) is 5.69. The number of fused-ring (bicyclic) bond motifs is 1. The minimum atomic E-state index is -3.40. The Morgan fingerprint density at radius 2 is 1.72 bits per heavy atom. The number of aromatic amines is 1. The van der Waals surface area contributed by atoms with Crippen molar-refractivity contribution in [1.29, 1.82) is 0 Å². The number of sulfone groups is 1. The zero-order chi connectivity index (χ0) is 22.9. The van der Waals surface area contributed by atoms with E-state index in [9.17, 15) is 13.2 Å². The summed E-state index contributed by atoms with van der Waals surface area (Å²) < 4.78 is 24.6. The minimum absolute atomic E-state index is 0.230. The van der Waals surface area contributed by atoms with E-state index < -0.39 is 9.84 Å². The number of hydrogen-bond acceptors (Lipinski definition) is 4. The number of anilines is 1. The summed E-state index contributed by atoms with van der Waals surface area (Å²) >= 11 is 0. The molecule has 1 heterocycles. The van der Waals surface area contributed by atoms with Crippen molar-refractivity contribution in [2.75, 3.05) is 11.6 Å². The number of hydrogen-bond donors (Lipinski definition) is 3. The van der Waals surface area contributed by atoms with Gasteiger partial charge in [0.15, 0.2) is 9.84 Å². The SMILES string of the molecule is C=CC(=O)Nc1cccc(-c2cccc3[nH]c(-c4ccccc4S(C)(=O)=O)cc23)c1CN. The summed E-state index contributed by atoms with van der Waals surface area (Å²) in [6, 6.07) is 20.3. The maximum atomic E-state index is 12.3. The number of carbonyl (C=O) groups excluding carboxylic acids is 1. The average molecular weight is 446 g/mol. The summed E-state index contributed by atoms with van der Waals surface area (Å²) in [4.78, 5) is 15.5. The first kappa shape index (κ1) is 21.5. The topological polar surface area (TPSA) is 105 Å². The number of rotatable bonds is 6. The molecule has 0 bridgehead atoms. The normalized spacial score (nSPS) is 11.4. The highest BCUT2D eigenvalue weighted by atomic mass is 32.2. The molecule has 6 nitrogen and oxygen atoms in total. The van der Waals surface area contributed by atoms with Gasteiger partial charge in [-0.05, 0) is 47.0 Å². The first-order valence-electron chi connectivity index (χ1n) is 10.0. The van der Waals surface area contributed by atoms with E-state index in [2.05, 4.69) is 16.9 Å². The summed E-state index contributed by atoms with van der Waals surface area (Å²) in [5, 5.41) is 3.74. The quantitative estimate of drug-likeness (QED) is 0.380. The molecule has 1 amide bonds. The van der Waals surface area contributed by atoms with E-state index in [1.165, 1.54) is 12.3 Å². The van der Waals surface area contributed by atoms with Crippen molar-refractivity contribution in [1.82, 2.24) is 4.98 Å². The molecular weight excluding hydrogens is 422 g/mol. The molecular formula is C25H23N3O3S. The van der Waals surface area contributed by atoms with E-state index in [-0.39, 0.29) is 17.3 Å². The summed E-state index contributed by atoms with van der Waals surface area (Å²) in [6.07, 6.45) is 2.42. The van der Waals surface area contributed by atoms with Crippen LogP contribution in [0.15, 0.2) is 84.3 Å². The zero-order valence-corrected chi connectivity index (χ0v) is 18.4. The van der Waals surface area contributed by atoms with Gasteiger partial charge >= 0.3 is 0 Å². The van der Waals surface area contributed by atoms with Crippen LogP contribution in [-0.4, -0.2) is 25.6 Å². The summed E-state index contributed by atoms with van der Waals surface area (Å²) in [5.41, 5.74) is 11.5. The van der Waals surface area contributed by atoms with Crippen LogP contribution in [0.4, 0.5) is 5.69 Å². The van der Waals surface area contributed by atoms with Crippen LogP contribution in [0.25, 0.3) is 33.3 Å². The van der Waals surface area contributed by atoms with E-state index in [1.54, 1.807) is 24.3 Å². The van der Waals surface area contributed by atoms with E-state index >= 15 is 0 Å². The van der Waals surface area contributed by atoms with Crippen LogP contribution in [0.3, 0.4) is 0 Å². The monoisotopic (exact) mass is 445 g/mol. The molecule has 4 N–H and O–H groups in total. The van der Waals surface area contributed by atoms with Crippen molar-refractivity contribution in [3.63, 3.8) is 0 Å². The van der Waals surface area contributed by atoms with Crippen molar-refractivity contribution >= 4 is 32.3 Å². The Morgan fingerprint density at radius 3 is 2.44 bits per heavy atom. The summed E-state index contributed by atoms with van der Waals surface area (Å²) in [7, 11) is -3.40. The van der Waals surface area contributed by atoms with Crippen molar-refractivity contribution < 1.29 is 13.2 Å². The van der Waals surface area contributed by atoms with E-state index in [4.69, 9.17) is 5.73 Å². The smallest absolute Gasteiger partial charge is 0.247 e. The molecule has 0 atom stereocenters. The molecule has 0 saturated heterocycles. The molecule has 0 spiro atoms. The minimum Gasteiger partial charge on any atom is -0.354 e. The van der Waals surface area contributed by atoms with Gasteiger partial charge in [0.1, 0.15) is 0 Å². The van der Waals surface area contributed by atoms with Gasteiger partial charge in [-0.2, -0.15) is 0 Å². The van der Waals surface area contributed by atoms with Gasteiger partial charge in [0.25, 0.3) is 0 Å². The third kappa shape index (κ3) is 3.95. The lowest BCUT2D eigenvalue weighted by molar-refractivity contribution is -0.111. The molecule has 3 aromatic carbocycles. The summed E-state index contributed by atoms with van der Waals surface area (Å²) in [6.45, 7) is 3.73. The van der Waals surface area contributed by atoms with Gasteiger partial charge in [-0.3, -0.25) is 4.79 Å². The first-order valence-corrected chi connectivity index (χ1v) is 11.9. The Balaban J connectivity index is 1.92. The van der Waals surface area contributed by atoms with Crippen LogP contribution in [0.1, 0.15) is 5.56 Å².